The fraction of sp³-hybridized carbons (Fsp3) is 0.370. The number of hydrogen-bond donors (Lipinski definition) is 0. The lowest BCUT2D eigenvalue weighted by molar-refractivity contribution is -0.138. The third kappa shape index (κ3) is 4.67. The molecular formula is C27H30ClN3O2S. The number of Topliss-reactive ketones (excluding diaryl/α,β-unsaturated/α-hetero) is 1. The minimum absolute atomic E-state index is 0.0500. The van der Waals surface area contributed by atoms with Crippen molar-refractivity contribution in [1.29, 1.82) is 0 Å². The number of carbonyl (C=O) groups excluding carboxylic acids is 1. The van der Waals surface area contributed by atoms with Gasteiger partial charge in [0, 0.05) is 44.5 Å². The van der Waals surface area contributed by atoms with Crippen LogP contribution < -0.4 is 0 Å². The molecule has 5 nitrogen and oxygen atoms in total. The molecule has 4 rings (SSSR count). The number of ether oxygens (including phenoxy) is 1. The number of benzene rings is 1. The Labute approximate surface area is 209 Å². The molecule has 4 aromatic rings. The Morgan fingerprint density at radius 1 is 1.18 bits per heavy atom. The Kier molecular flexibility index (Phi) is 6.69. The number of pyridine rings is 1. The summed E-state index contributed by atoms with van der Waals surface area (Å²) >= 11 is 7.86. The summed E-state index contributed by atoms with van der Waals surface area (Å²) in [4.78, 5) is 22.5. The normalized spacial score (nSPS) is 12.9. The van der Waals surface area contributed by atoms with Crippen molar-refractivity contribution in [3.8, 4) is 11.1 Å². The van der Waals surface area contributed by atoms with Crippen LogP contribution in [0.2, 0.25) is 5.02 Å². The third-order valence-electron chi connectivity index (χ3n) is 6.00. The van der Waals surface area contributed by atoms with E-state index in [2.05, 4.69) is 23.4 Å². The first-order valence-corrected chi connectivity index (χ1v) is 12.6. The van der Waals surface area contributed by atoms with Gasteiger partial charge in [-0.1, -0.05) is 23.7 Å². The molecule has 0 fully saturated rings. The highest BCUT2D eigenvalue weighted by molar-refractivity contribution is 7.09. The largest absolute Gasteiger partial charge is 0.360 e. The number of fused-ring (bicyclic) bond motifs is 1. The lowest BCUT2D eigenvalue weighted by Gasteiger charge is -2.29. The number of halogens is 1. The minimum Gasteiger partial charge on any atom is -0.360 e. The van der Waals surface area contributed by atoms with Crippen LogP contribution >= 0.6 is 22.9 Å². The number of rotatable bonds is 6. The van der Waals surface area contributed by atoms with Crippen molar-refractivity contribution in [1.82, 2.24) is 14.5 Å². The minimum atomic E-state index is -0.732. The van der Waals surface area contributed by atoms with Crippen LogP contribution in [0.1, 0.15) is 61.3 Å². The Balaban J connectivity index is 2.09. The van der Waals surface area contributed by atoms with E-state index < -0.39 is 11.7 Å². The number of aryl methyl sites for hydroxylation is 2. The molecule has 0 aliphatic rings. The van der Waals surface area contributed by atoms with Crippen LogP contribution in [0.3, 0.4) is 0 Å². The van der Waals surface area contributed by atoms with Gasteiger partial charge in [0.25, 0.3) is 0 Å². The zero-order valence-corrected chi connectivity index (χ0v) is 22.3. The fourth-order valence-corrected chi connectivity index (χ4v) is 5.12. The molecule has 1 aromatic carbocycles. The highest BCUT2D eigenvalue weighted by Crippen LogP contribution is 2.42. The molecule has 0 aliphatic carbocycles. The highest BCUT2D eigenvalue weighted by Gasteiger charge is 2.32. The van der Waals surface area contributed by atoms with Gasteiger partial charge in [-0.2, -0.15) is 0 Å². The first kappa shape index (κ1) is 24.6. The SMILES string of the molecule is CC(=O)[C@@H](OC(C)(C)C)c1c(C)nc2c(c(C)c(C)n2Cc2nccs2)c1-c1ccc(Cl)cc1. The Bertz CT molecular complexity index is 1350. The van der Waals surface area contributed by atoms with E-state index in [1.165, 1.54) is 0 Å². The molecule has 0 bridgehead atoms. The second-order valence-corrected chi connectivity index (χ2v) is 11.1. The van der Waals surface area contributed by atoms with Gasteiger partial charge in [-0.3, -0.25) is 4.79 Å². The predicted molar refractivity (Wildman–Crippen MR) is 140 cm³/mol. The summed E-state index contributed by atoms with van der Waals surface area (Å²) < 4.78 is 8.55. The molecule has 34 heavy (non-hydrogen) atoms. The van der Waals surface area contributed by atoms with Crippen molar-refractivity contribution in [2.45, 2.75) is 66.7 Å². The maximum Gasteiger partial charge on any atom is 0.163 e. The van der Waals surface area contributed by atoms with Gasteiger partial charge in [-0.15, -0.1) is 11.3 Å². The van der Waals surface area contributed by atoms with E-state index in [4.69, 9.17) is 21.3 Å². The van der Waals surface area contributed by atoms with Gasteiger partial charge in [0.15, 0.2) is 5.78 Å². The van der Waals surface area contributed by atoms with Crippen molar-refractivity contribution < 1.29 is 9.53 Å². The number of nitrogens with zero attached hydrogens (tertiary/aromatic N) is 3. The Morgan fingerprint density at radius 3 is 2.41 bits per heavy atom. The van der Waals surface area contributed by atoms with E-state index in [0.29, 0.717) is 11.6 Å². The maximum atomic E-state index is 12.9. The van der Waals surface area contributed by atoms with Crippen molar-refractivity contribution in [3.05, 3.63) is 68.4 Å². The lowest BCUT2D eigenvalue weighted by Crippen LogP contribution is -2.27. The summed E-state index contributed by atoms with van der Waals surface area (Å²) in [7, 11) is 0. The first-order valence-electron chi connectivity index (χ1n) is 11.3. The topological polar surface area (TPSA) is 57.0 Å². The third-order valence-corrected chi connectivity index (χ3v) is 7.01. The zero-order valence-electron chi connectivity index (χ0n) is 20.7. The van der Waals surface area contributed by atoms with Crippen LogP contribution in [-0.2, 0) is 16.1 Å². The molecule has 0 saturated carbocycles. The molecule has 0 unspecified atom stereocenters. The fourth-order valence-electron chi connectivity index (χ4n) is 4.39. The van der Waals surface area contributed by atoms with Crippen molar-refractivity contribution in [3.63, 3.8) is 0 Å². The van der Waals surface area contributed by atoms with Crippen molar-refractivity contribution in [2.75, 3.05) is 0 Å². The molecule has 0 aliphatic heterocycles. The zero-order chi connectivity index (χ0) is 24.8. The van der Waals surface area contributed by atoms with Gasteiger partial charge in [0.1, 0.15) is 16.8 Å². The average Bonchev–Trinajstić information content (AvgIpc) is 3.34. The van der Waals surface area contributed by atoms with Crippen LogP contribution in [-0.4, -0.2) is 25.9 Å². The monoisotopic (exact) mass is 495 g/mol. The lowest BCUT2D eigenvalue weighted by atomic mass is 9.90. The van der Waals surface area contributed by atoms with Crippen LogP contribution in [0.4, 0.5) is 0 Å². The number of aromatic nitrogens is 3. The second-order valence-electron chi connectivity index (χ2n) is 9.63. The molecule has 0 N–H and O–H groups in total. The van der Waals surface area contributed by atoms with Gasteiger partial charge in [-0.25, -0.2) is 9.97 Å². The standard InChI is InChI=1S/C27H30ClN3O2S/c1-15-17(3)31(14-21-29-12-13-34-21)26-22(15)24(19-8-10-20(28)11-9-19)23(16(2)30-26)25(18(4)32)33-27(5,6)7/h8-13,25H,14H2,1-7H3/t25-/m1/s1. The van der Waals surface area contributed by atoms with E-state index in [9.17, 15) is 4.79 Å². The van der Waals surface area contributed by atoms with Crippen LogP contribution in [0.25, 0.3) is 22.2 Å². The summed E-state index contributed by atoms with van der Waals surface area (Å²) in [5.74, 6) is -0.0500. The number of carbonyl (C=O) groups is 1. The molecule has 1 atom stereocenters. The van der Waals surface area contributed by atoms with Gasteiger partial charge in [0.2, 0.25) is 0 Å². The summed E-state index contributed by atoms with van der Waals surface area (Å²) in [6, 6.07) is 7.76. The smallest absolute Gasteiger partial charge is 0.163 e. The van der Waals surface area contributed by atoms with Gasteiger partial charge in [0.05, 0.1) is 12.1 Å². The van der Waals surface area contributed by atoms with Crippen LogP contribution in [0.5, 0.6) is 0 Å². The van der Waals surface area contributed by atoms with E-state index in [0.717, 1.165) is 49.7 Å². The summed E-state index contributed by atoms with van der Waals surface area (Å²) in [5, 5.41) is 4.70. The number of ketones is 1. The molecule has 3 aromatic heterocycles. The molecule has 178 valence electrons. The summed E-state index contributed by atoms with van der Waals surface area (Å²) in [6.07, 6.45) is 1.09. The van der Waals surface area contributed by atoms with Crippen LogP contribution in [0, 0.1) is 20.8 Å². The maximum absolute atomic E-state index is 12.9. The van der Waals surface area contributed by atoms with Crippen molar-refractivity contribution >= 4 is 39.8 Å². The quantitative estimate of drug-likeness (QED) is 0.283. The molecule has 3 heterocycles. The molecular weight excluding hydrogens is 466 g/mol. The first-order chi connectivity index (χ1) is 16.0. The predicted octanol–water partition coefficient (Wildman–Crippen LogP) is 7.23. The number of thiazole rings is 1. The molecule has 0 radical (unpaired) electrons. The Morgan fingerprint density at radius 2 is 1.85 bits per heavy atom. The van der Waals surface area contributed by atoms with Gasteiger partial charge < -0.3 is 9.30 Å². The van der Waals surface area contributed by atoms with Crippen molar-refractivity contribution in [2.24, 2.45) is 0 Å². The molecule has 0 spiro atoms. The second kappa shape index (κ2) is 9.25. The van der Waals surface area contributed by atoms with Gasteiger partial charge in [-0.05, 0) is 71.7 Å². The summed E-state index contributed by atoms with van der Waals surface area (Å²) in [6.45, 7) is 14.3. The van der Waals surface area contributed by atoms with E-state index in [1.54, 1.807) is 18.3 Å². The van der Waals surface area contributed by atoms with Crippen LogP contribution in [0.15, 0.2) is 35.8 Å². The number of hydrogen-bond acceptors (Lipinski definition) is 5. The Hall–Kier alpha value is -2.54. The van der Waals surface area contributed by atoms with E-state index in [-0.39, 0.29) is 5.78 Å². The average molecular weight is 496 g/mol. The van der Waals surface area contributed by atoms with Gasteiger partial charge >= 0.3 is 0 Å². The highest BCUT2D eigenvalue weighted by atomic mass is 35.5. The van der Waals surface area contributed by atoms with E-state index >= 15 is 0 Å². The molecule has 7 heteroatoms. The molecule has 0 saturated heterocycles. The summed E-state index contributed by atoms with van der Waals surface area (Å²) in [5.41, 5.74) is 6.18. The van der Waals surface area contributed by atoms with E-state index in [1.807, 2.05) is 63.5 Å². The molecule has 0 amide bonds.